The maximum Gasteiger partial charge on any atom is 0.267 e. The van der Waals surface area contributed by atoms with Crippen LogP contribution in [0.4, 0.5) is 0 Å². The molecule has 0 aliphatic heterocycles. The first-order chi connectivity index (χ1) is 19.3. The SMILES string of the molecule is COc1ccc(CCn2c(=N)c(C(=O)NC(C)c3ccccc3)cc3c(=O)n4cccc(C)c4nc32)cc1OC. The number of rotatable bonds is 8. The van der Waals surface area contributed by atoms with Gasteiger partial charge in [0.1, 0.15) is 16.8 Å². The topological polar surface area (TPSA) is 111 Å². The smallest absolute Gasteiger partial charge is 0.267 e. The number of hydrogen-bond donors (Lipinski definition) is 2. The molecular weight excluding hydrogens is 506 g/mol. The second kappa shape index (κ2) is 11.1. The van der Waals surface area contributed by atoms with Crippen molar-refractivity contribution in [2.45, 2.75) is 32.9 Å². The first kappa shape index (κ1) is 26.7. The van der Waals surface area contributed by atoms with Gasteiger partial charge in [-0.15, -0.1) is 0 Å². The van der Waals surface area contributed by atoms with Crippen molar-refractivity contribution in [3.05, 3.63) is 111 Å². The van der Waals surface area contributed by atoms with Gasteiger partial charge in [-0.25, -0.2) is 4.98 Å². The molecule has 40 heavy (non-hydrogen) atoms. The summed E-state index contributed by atoms with van der Waals surface area (Å²) in [5.41, 5.74) is 3.37. The zero-order chi connectivity index (χ0) is 28.4. The number of carbonyl (C=O) groups excluding carboxylic acids is 1. The number of ether oxygens (including phenoxy) is 2. The van der Waals surface area contributed by atoms with Crippen molar-refractivity contribution in [3.63, 3.8) is 0 Å². The van der Waals surface area contributed by atoms with Crippen molar-refractivity contribution in [1.82, 2.24) is 19.3 Å². The Morgan fingerprint density at radius 3 is 2.48 bits per heavy atom. The molecule has 1 amide bonds. The van der Waals surface area contributed by atoms with Crippen LogP contribution in [0.25, 0.3) is 16.7 Å². The van der Waals surface area contributed by atoms with Gasteiger partial charge < -0.3 is 19.4 Å². The number of pyridine rings is 2. The fourth-order valence-electron chi connectivity index (χ4n) is 4.86. The predicted octanol–water partition coefficient (Wildman–Crippen LogP) is 4.19. The van der Waals surface area contributed by atoms with Crippen LogP contribution in [0.2, 0.25) is 0 Å². The summed E-state index contributed by atoms with van der Waals surface area (Å²) in [6.45, 7) is 4.08. The third kappa shape index (κ3) is 4.93. The summed E-state index contributed by atoms with van der Waals surface area (Å²) >= 11 is 0. The van der Waals surface area contributed by atoms with E-state index in [1.165, 1.54) is 10.5 Å². The van der Waals surface area contributed by atoms with Crippen molar-refractivity contribution >= 4 is 22.6 Å². The van der Waals surface area contributed by atoms with E-state index >= 15 is 0 Å². The largest absolute Gasteiger partial charge is 0.493 e. The maximum absolute atomic E-state index is 13.6. The lowest BCUT2D eigenvalue weighted by atomic mass is 10.1. The van der Waals surface area contributed by atoms with Gasteiger partial charge in [-0.3, -0.25) is 19.4 Å². The van der Waals surface area contributed by atoms with Crippen LogP contribution in [-0.4, -0.2) is 34.1 Å². The van der Waals surface area contributed by atoms with Gasteiger partial charge in [-0.1, -0.05) is 42.5 Å². The summed E-state index contributed by atoms with van der Waals surface area (Å²) in [4.78, 5) is 31.9. The molecule has 3 aromatic heterocycles. The average molecular weight is 538 g/mol. The minimum absolute atomic E-state index is 0.0180. The van der Waals surface area contributed by atoms with Crippen molar-refractivity contribution in [2.75, 3.05) is 14.2 Å². The molecule has 0 bridgehead atoms. The van der Waals surface area contributed by atoms with E-state index in [1.54, 1.807) is 31.0 Å². The van der Waals surface area contributed by atoms with Gasteiger partial charge in [0.05, 0.1) is 31.2 Å². The Morgan fingerprint density at radius 2 is 1.75 bits per heavy atom. The van der Waals surface area contributed by atoms with Gasteiger partial charge in [-0.2, -0.15) is 0 Å². The summed E-state index contributed by atoms with van der Waals surface area (Å²) in [5.74, 6) is 0.784. The van der Waals surface area contributed by atoms with E-state index in [0.29, 0.717) is 35.8 Å². The standard InChI is InChI=1S/C31H31N5O4/c1-19-9-8-15-36-28(19)34-29-24(31(36)38)18-23(30(37)33-20(2)22-10-6-5-7-11-22)27(32)35(29)16-14-21-12-13-25(39-3)26(17-21)40-4/h5-13,15,17-18,20,32H,14,16H2,1-4H3,(H,33,37). The lowest BCUT2D eigenvalue weighted by Gasteiger charge is -2.18. The lowest BCUT2D eigenvalue weighted by Crippen LogP contribution is -2.36. The molecule has 5 rings (SSSR count). The van der Waals surface area contributed by atoms with Crippen molar-refractivity contribution in [3.8, 4) is 11.5 Å². The van der Waals surface area contributed by atoms with Crippen LogP contribution in [-0.2, 0) is 13.0 Å². The van der Waals surface area contributed by atoms with Crippen molar-refractivity contribution in [1.29, 1.82) is 5.41 Å². The molecule has 1 atom stereocenters. The van der Waals surface area contributed by atoms with Crippen LogP contribution in [0.5, 0.6) is 11.5 Å². The normalized spacial score (nSPS) is 11.9. The molecule has 9 heteroatoms. The van der Waals surface area contributed by atoms with Crippen LogP contribution < -0.4 is 25.8 Å². The number of aryl methyl sites for hydroxylation is 3. The molecule has 204 valence electrons. The molecule has 1 unspecified atom stereocenters. The number of carbonyl (C=O) groups is 1. The summed E-state index contributed by atoms with van der Waals surface area (Å²) in [7, 11) is 3.16. The highest BCUT2D eigenvalue weighted by atomic mass is 16.5. The summed E-state index contributed by atoms with van der Waals surface area (Å²) < 4.78 is 13.9. The number of methoxy groups -OCH3 is 2. The molecule has 0 saturated carbocycles. The van der Waals surface area contributed by atoms with Gasteiger partial charge >= 0.3 is 0 Å². The van der Waals surface area contributed by atoms with E-state index < -0.39 is 5.91 Å². The summed E-state index contributed by atoms with van der Waals surface area (Å²) in [6, 6.07) is 20.1. The fraction of sp³-hybridized carbons (Fsp3) is 0.226. The first-order valence-electron chi connectivity index (χ1n) is 13.0. The van der Waals surface area contributed by atoms with Crippen LogP contribution in [0.1, 0.15) is 40.0 Å². The molecule has 0 saturated heterocycles. The molecule has 0 fully saturated rings. The highest BCUT2D eigenvalue weighted by Gasteiger charge is 2.20. The predicted molar refractivity (Wildman–Crippen MR) is 153 cm³/mol. The minimum atomic E-state index is -0.433. The van der Waals surface area contributed by atoms with Gasteiger partial charge in [-0.05, 0) is 61.2 Å². The monoisotopic (exact) mass is 537 g/mol. The number of hydrogen-bond acceptors (Lipinski definition) is 6. The average Bonchev–Trinajstić information content (AvgIpc) is 2.97. The second-order valence-corrected chi connectivity index (χ2v) is 9.64. The maximum atomic E-state index is 13.6. The van der Waals surface area contributed by atoms with Crippen LogP contribution in [0.15, 0.2) is 77.7 Å². The number of fused-ring (bicyclic) bond motifs is 2. The Kier molecular flexibility index (Phi) is 7.37. The Balaban J connectivity index is 1.63. The van der Waals surface area contributed by atoms with Crippen LogP contribution in [0.3, 0.4) is 0 Å². The van der Waals surface area contributed by atoms with E-state index in [4.69, 9.17) is 19.9 Å². The Morgan fingerprint density at radius 1 is 1.00 bits per heavy atom. The molecule has 0 radical (unpaired) electrons. The van der Waals surface area contributed by atoms with Crippen molar-refractivity contribution < 1.29 is 14.3 Å². The highest BCUT2D eigenvalue weighted by Crippen LogP contribution is 2.28. The molecule has 0 aliphatic carbocycles. The Hall–Kier alpha value is -4.92. The molecule has 2 N–H and O–H groups in total. The van der Waals surface area contributed by atoms with E-state index in [2.05, 4.69) is 5.32 Å². The van der Waals surface area contributed by atoms with E-state index in [9.17, 15) is 9.59 Å². The molecule has 0 aliphatic rings. The van der Waals surface area contributed by atoms with E-state index in [1.807, 2.05) is 68.4 Å². The summed E-state index contributed by atoms with van der Waals surface area (Å²) in [5, 5.41) is 12.3. The number of nitrogens with zero attached hydrogens (tertiary/aromatic N) is 3. The zero-order valence-electron chi connectivity index (χ0n) is 22.9. The van der Waals surface area contributed by atoms with Crippen molar-refractivity contribution in [2.24, 2.45) is 0 Å². The van der Waals surface area contributed by atoms with E-state index in [0.717, 1.165) is 16.7 Å². The molecular formula is C31H31N5O4. The lowest BCUT2D eigenvalue weighted by molar-refractivity contribution is 0.0937. The molecule has 0 spiro atoms. The minimum Gasteiger partial charge on any atom is -0.493 e. The quantitative estimate of drug-likeness (QED) is 0.289. The van der Waals surface area contributed by atoms with Crippen LogP contribution >= 0.6 is 0 Å². The Labute approximate surface area is 231 Å². The Bertz CT molecular complexity index is 1840. The number of aromatic nitrogens is 3. The summed E-state index contributed by atoms with van der Waals surface area (Å²) in [6.07, 6.45) is 2.17. The van der Waals surface area contributed by atoms with Gasteiger partial charge in [0, 0.05) is 12.7 Å². The number of nitrogens with one attached hydrogen (secondary N) is 2. The third-order valence-corrected chi connectivity index (χ3v) is 7.10. The molecule has 5 aromatic rings. The first-order valence-corrected chi connectivity index (χ1v) is 13.0. The second-order valence-electron chi connectivity index (χ2n) is 9.64. The third-order valence-electron chi connectivity index (χ3n) is 7.10. The molecule has 2 aromatic carbocycles. The van der Waals surface area contributed by atoms with Crippen LogP contribution in [0, 0.1) is 12.3 Å². The number of benzene rings is 2. The van der Waals surface area contributed by atoms with Gasteiger partial charge in [0.25, 0.3) is 11.5 Å². The van der Waals surface area contributed by atoms with Gasteiger partial charge in [0.15, 0.2) is 11.5 Å². The highest BCUT2D eigenvalue weighted by molar-refractivity contribution is 5.97. The molecule has 3 heterocycles. The molecule has 9 nitrogen and oxygen atoms in total. The van der Waals surface area contributed by atoms with Gasteiger partial charge in [0.2, 0.25) is 0 Å². The fourth-order valence-corrected chi connectivity index (χ4v) is 4.86. The zero-order valence-corrected chi connectivity index (χ0v) is 22.9. The van der Waals surface area contributed by atoms with E-state index in [-0.39, 0.29) is 28.0 Å². The number of amides is 1.